The third-order valence-corrected chi connectivity index (χ3v) is 1.55. The van der Waals surface area contributed by atoms with Crippen molar-refractivity contribution in [1.29, 1.82) is 0 Å². The molecule has 0 fully saturated rings. The minimum Gasteiger partial charge on any atom is -0.369 e. The van der Waals surface area contributed by atoms with Crippen LogP contribution in [0.2, 0.25) is 0 Å². The number of hydrogen-bond donors (Lipinski definition) is 2. The van der Waals surface area contributed by atoms with Crippen molar-refractivity contribution in [1.82, 2.24) is 15.0 Å². The smallest absolute Gasteiger partial charge is 0.225 e. The van der Waals surface area contributed by atoms with E-state index in [1.165, 1.54) is 0 Å². The molecular formula is C8H13N5O. The highest BCUT2D eigenvalue weighted by molar-refractivity contribution is 5.75. The van der Waals surface area contributed by atoms with Crippen molar-refractivity contribution in [2.24, 2.45) is 5.73 Å². The second-order valence-electron chi connectivity index (χ2n) is 2.92. The normalized spacial score (nSPS) is 10.1. The minimum absolute atomic E-state index is 0.00341. The Morgan fingerprint density at radius 2 is 1.93 bits per heavy atom. The molecule has 0 aromatic carbocycles. The molecular weight excluding hydrogens is 182 g/mol. The van der Waals surface area contributed by atoms with Crippen LogP contribution in [0.25, 0.3) is 0 Å². The zero-order chi connectivity index (χ0) is 10.6. The Bertz CT molecular complexity index is 339. The van der Waals surface area contributed by atoms with Gasteiger partial charge >= 0.3 is 0 Å². The highest BCUT2D eigenvalue weighted by atomic mass is 16.1. The molecule has 6 heteroatoms. The van der Waals surface area contributed by atoms with E-state index in [0.717, 1.165) is 12.8 Å². The Kier molecular flexibility index (Phi) is 3.33. The first-order valence-corrected chi connectivity index (χ1v) is 4.39. The van der Waals surface area contributed by atoms with E-state index in [1.54, 1.807) is 0 Å². The van der Waals surface area contributed by atoms with E-state index < -0.39 is 5.91 Å². The van der Waals surface area contributed by atoms with Crippen LogP contribution in [0.1, 0.15) is 25.0 Å². The lowest BCUT2D eigenvalue weighted by atomic mass is 10.3. The summed E-state index contributed by atoms with van der Waals surface area (Å²) < 4.78 is 0. The van der Waals surface area contributed by atoms with E-state index in [2.05, 4.69) is 15.0 Å². The number of primary amides is 1. The van der Waals surface area contributed by atoms with Crippen LogP contribution in [0.4, 0.5) is 5.95 Å². The second-order valence-corrected chi connectivity index (χ2v) is 2.92. The third kappa shape index (κ3) is 2.96. The maximum Gasteiger partial charge on any atom is 0.225 e. The predicted octanol–water partition coefficient (Wildman–Crippen LogP) is -0.566. The van der Waals surface area contributed by atoms with Gasteiger partial charge in [0, 0.05) is 6.42 Å². The first-order valence-electron chi connectivity index (χ1n) is 4.39. The monoisotopic (exact) mass is 195 g/mol. The summed E-state index contributed by atoms with van der Waals surface area (Å²) in [6.45, 7) is 2.01. The summed E-state index contributed by atoms with van der Waals surface area (Å²) >= 11 is 0. The third-order valence-electron chi connectivity index (χ3n) is 1.55. The van der Waals surface area contributed by atoms with Crippen LogP contribution >= 0.6 is 0 Å². The molecule has 0 spiro atoms. The maximum atomic E-state index is 10.6. The number of carbonyl (C=O) groups excluding carboxylic acids is 1. The number of hydrogen-bond acceptors (Lipinski definition) is 5. The van der Waals surface area contributed by atoms with Crippen molar-refractivity contribution in [3.05, 3.63) is 11.6 Å². The molecule has 1 amide bonds. The molecule has 0 bridgehead atoms. The lowest BCUT2D eigenvalue weighted by molar-refractivity contribution is -0.117. The summed E-state index contributed by atoms with van der Waals surface area (Å²) in [4.78, 5) is 22.4. The number of anilines is 1. The topological polar surface area (TPSA) is 108 Å². The SMILES string of the molecule is CCCc1nc(N)nc(CC(N)=O)n1. The zero-order valence-corrected chi connectivity index (χ0v) is 8.03. The molecule has 1 aromatic rings. The molecule has 14 heavy (non-hydrogen) atoms. The van der Waals surface area contributed by atoms with E-state index in [0.29, 0.717) is 11.6 Å². The minimum atomic E-state index is -0.474. The number of carbonyl (C=O) groups is 1. The molecule has 1 rings (SSSR count). The number of nitrogen functional groups attached to an aromatic ring is 1. The van der Waals surface area contributed by atoms with Crippen LogP contribution in [0.15, 0.2) is 0 Å². The largest absolute Gasteiger partial charge is 0.369 e. The first-order chi connectivity index (χ1) is 6.61. The molecule has 0 aliphatic heterocycles. The molecule has 0 atom stereocenters. The van der Waals surface area contributed by atoms with E-state index in [4.69, 9.17) is 11.5 Å². The van der Waals surface area contributed by atoms with Gasteiger partial charge in [0.15, 0.2) is 0 Å². The maximum absolute atomic E-state index is 10.6. The van der Waals surface area contributed by atoms with Crippen molar-refractivity contribution in [2.75, 3.05) is 5.73 Å². The van der Waals surface area contributed by atoms with Crippen molar-refractivity contribution >= 4 is 11.9 Å². The van der Waals surface area contributed by atoms with Crippen LogP contribution in [-0.2, 0) is 17.6 Å². The fourth-order valence-corrected chi connectivity index (χ4v) is 1.06. The zero-order valence-electron chi connectivity index (χ0n) is 8.03. The number of rotatable bonds is 4. The van der Waals surface area contributed by atoms with Crippen LogP contribution in [0, 0.1) is 0 Å². The summed E-state index contributed by atoms with van der Waals surface area (Å²) in [6, 6.07) is 0. The van der Waals surface area contributed by atoms with E-state index in [9.17, 15) is 4.79 Å². The molecule has 0 aliphatic carbocycles. The molecule has 0 aliphatic rings. The van der Waals surface area contributed by atoms with Gasteiger partial charge in [0.1, 0.15) is 11.6 Å². The Balaban J connectivity index is 2.88. The van der Waals surface area contributed by atoms with Crippen molar-refractivity contribution in [2.45, 2.75) is 26.2 Å². The first kappa shape index (κ1) is 10.4. The average molecular weight is 195 g/mol. The molecule has 1 heterocycles. The van der Waals surface area contributed by atoms with Crippen LogP contribution < -0.4 is 11.5 Å². The van der Waals surface area contributed by atoms with Crippen LogP contribution in [-0.4, -0.2) is 20.9 Å². The molecule has 0 saturated carbocycles. The Morgan fingerprint density at radius 1 is 1.29 bits per heavy atom. The number of aromatic nitrogens is 3. The fraction of sp³-hybridized carbons (Fsp3) is 0.500. The Hall–Kier alpha value is -1.72. The van der Waals surface area contributed by atoms with Crippen molar-refractivity contribution in [3.63, 3.8) is 0 Å². The highest BCUT2D eigenvalue weighted by Crippen LogP contribution is 2.00. The summed E-state index contributed by atoms with van der Waals surface area (Å²) in [7, 11) is 0. The van der Waals surface area contributed by atoms with Crippen molar-refractivity contribution < 1.29 is 4.79 Å². The quantitative estimate of drug-likeness (QED) is 0.669. The standard InChI is InChI=1S/C8H13N5O/c1-2-3-6-11-7(4-5(9)14)13-8(10)12-6/h2-4H2,1H3,(H2,9,14)(H2,10,11,12,13). The van der Waals surface area contributed by atoms with Gasteiger partial charge in [-0.3, -0.25) is 4.79 Å². The van der Waals surface area contributed by atoms with Gasteiger partial charge < -0.3 is 11.5 Å². The van der Waals surface area contributed by atoms with Gasteiger partial charge in [-0.1, -0.05) is 6.92 Å². The number of nitrogens with zero attached hydrogens (tertiary/aromatic N) is 3. The van der Waals surface area contributed by atoms with Gasteiger partial charge in [-0.05, 0) is 6.42 Å². The lowest BCUT2D eigenvalue weighted by Gasteiger charge is -2.01. The molecule has 4 N–H and O–H groups in total. The Labute approximate surface area is 81.8 Å². The summed E-state index contributed by atoms with van der Waals surface area (Å²) in [5, 5.41) is 0. The van der Waals surface area contributed by atoms with Gasteiger partial charge in [0.2, 0.25) is 11.9 Å². The van der Waals surface area contributed by atoms with Crippen molar-refractivity contribution in [3.8, 4) is 0 Å². The Morgan fingerprint density at radius 3 is 2.50 bits per heavy atom. The predicted molar refractivity (Wildman–Crippen MR) is 51.1 cm³/mol. The van der Waals surface area contributed by atoms with Gasteiger partial charge in [-0.25, -0.2) is 4.98 Å². The summed E-state index contributed by atoms with van der Waals surface area (Å²) in [6.07, 6.45) is 1.64. The number of nitrogens with two attached hydrogens (primary N) is 2. The van der Waals surface area contributed by atoms with Gasteiger partial charge in [0.25, 0.3) is 0 Å². The van der Waals surface area contributed by atoms with E-state index in [1.807, 2.05) is 6.92 Å². The van der Waals surface area contributed by atoms with E-state index in [-0.39, 0.29) is 12.4 Å². The van der Waals surface area contributed by atoms with Crippen LogP contribution in [0.3, 0.4) is 0 Å². The fourth-order valence-electron chi connectivity index (χ4n) is 1.06. The average Bonchev–Trinajstić information content (AvgIpc) is 2.01. The van der Waals surface area contributed by atoms with Gasteiger partial charge in [-0.15, -0.1) is 0 Å². The molecule has 6 nitrogen and oxygen atoms in total. The molecule has 0 unspecified atom stereocenters. The highest BCUT2D eigenvalue weighted by Gasteiger charge is 2.06. The number of amides is 1. The molecule has 0 radical (unpaired) electrons. The van der Waals surface area contributed by atoms with Crippen LogP contribution in [0.5, 0.6) is 0 Å². The number of aryl methyl sites for hydroxylation is 1. The van der Waals surface area contributed by atoms with Gasteiger partial charge in [0.05, 0.1) is 6.42 Å². The second kappa shape index (κ2) is 4.50. The van der Waals surface area contributed by atoms with Gasteiger partial charge in [-0.2, -0.15) is 9.97 Å². The molecule has 76 valence electrons. The lowest BCUT2D eigenvalue weighted by Crippen LogP contribution is -2.17. The summed E-state index contributed by atoms with van der Waals surface area (Å²) in [5.41, 5.74) is 10.5. The molecule has 0 saturated heterocycles. The summed E-state index contributed by atoms with van der Waals surface area (Å²) in [5.74, 6) is 0.613. The molecule has 1 aromatic heterocycles. The van der Waals surface area contributed by atoms with E-state index >= 15 is 0 Å².